The number of hydrogen-bond donors (Lipinski definition) is 4. The molecule has 5 N–H and O–H groups in total. The normalized spacial score (nSPS) is 24.7. The summed E-state index contributed by atoms with van der Waals surface area (Å²) in [5.41, 5.74) is 6.40. The van der Waals surface area contributed by atoms with Crippen LogP contribution in [0.2, 0.25) is 0 Å². The molecule has 1 aliphatic heterocycles. The number of para-hydroxylation sites is 1. The third-order valence-corrected chi connectivity index (χ3v) is 6.93. The van der Waals surface area contributed by atoms with Gasteiger partial charge in [-0.1, -0.05) is 18.2 Å². The number of carbonyl (C=O) groups excluding carboxylic acids is 1. The first kappa shape index (κ1) is 25.0. The molecule has 35 heavy (non-hydrogen) atoms. The number of aromatic nitrogens is 4. The molecule has 14 nitrogen and oxygen atoms in total. The van der Waals surface area contributed by atoms with E-state index in [4.69, 9.17) is 19.5 Å². The first-order valence-electron chi connectivity index (χ1n) is 10.5. The highest BCUT2D eigenvalue weighted by Gasteiger charge is 2.46. The van der Waals surface area contributed by atoms with Gasteiger partial charge < -0.3 is 29.9 Å². The molecule has 1 saturated heterocycles. The molecule has 188 valence electrons. The van der Waals surface area contributed by atoms with Gasteiger partial charge in [0.25, 0.3) is 0 Å². The molecule has 2 unspecified atom stereocenters. The zero-order valence-corrected chi connectivity index (χ0v) is 19.7. The molecule has 1 aromatic carbocycles. The molecule has 3 aromatic rings. The van der Waals surface area contributed by atoms with E-state index in [2.05, 4.69) is 24.8 Å². The maximum absolute atomic E-state index is 13.5. The lowest BCUT2D eigenvalue weighted by Crippen LogP contribution is -2.37. The molecular weight excluding hydrogens is 483 g/mol. The van der Waals surface area contributed by atoms with Crippen LogP contribution >= 0.6 is 7.75 Å². The molecule has 4 rings (SSSR count). The van der Waals surface area contributed by atoms with Crippen LogP contribution in [0.5, 0.6) is 5.75 Å². The van der Waals surface area contributed by atoms with E-state index in [-0.39, 0.29) is 11.6 Å². The van der Waals surface area contributed by atoms with Gasteiger partial charge in [0.05, 0.1) is 20.0 Å². The smallest absolute Gasteiger partial charge is 0.459 e. The van der Waals surface area contributed by atoms with Crippen molar-refractivity contribution in [1.29, 1.82) is 0 Å². The van der Waals surface area contributed by atoms with Crippen LogP contribution in [0, 0.1) is 0 Å². The summed E-state index contributed by atoms with van der Waals surface area (Å²) in [5.74, 6) is -0.328. The Balaban J connectivity index is 1.51. The van der Waals surface area contributed by atoms with Crippen molar-refractivity contribution in [2.75, 3.05) is 19.5 Å². The van der Waals surface area contributed by atoms with Gasteiger partial charge in [0.15, 0.2) is 17.7 Å². The second kappa shape index (κ2) is 10.2. The average molecular weight is 508 g/mol. The quantitative estimate of drug-likeness (QED) is 0.229. The summed E-state index contributed by atoms with van der Waals surface area (Å²) >= 11 is 0. The zero-order chi connectivity index (χ0) is 25.2. The minimum Gasteiger partial charge on any atom is -0.468 e. The molecule has 0 spiro atoms. The Morgan fingerprint density at radius 2 is 2.00 bits per heavy atom. The van der Waals surface area contributed by atoms with Gasteiger partial charge in [0.1, 0.15) is 41.9 Å². The van der Waals surface area contributed by atoms with E-state index >= 15 is 0 Å². The van der Waals surface area contributed by atoms with Crippen molar-refractivity contribution in [3.05, 3.63) is 43.0 Å². The molecule has 6 atom stereocenters. The molecule has 0 saturated carbocycles. The lowest BCUT2D eigenvalue weighted by Gasteiger charge is -2.24. The Kier molecular flexibility index (Phi) is 7.31. The lowest BCUT2D eigenvalue weighted by atomic mass is 10.1. The average Bonchev–Trinajstić information content (AvgIpc) is 3.39. The second-order valence-corrected chi connectivity index (χ2v) is 9.39. The predicted molar refractivity (Wildman–Crippen MR) is 121 cm³/mol. The van der Waals surface area contributed by atoms with E-state index in [0.717, 1.165) is 0 Å². The number of carbonyl (C=O) groups is 1. The summed E-state index contributed by atoms with van der Waals surface area (Å²) in [6.45, 7) is 0.970. The van der Waals surface area contributed by atoms with Crippen LogP contribution < -0.4 is 15.3 Å². The highest BCUT2D eigenvalue weighted by Crippen LogP contribution is 2.46. The molecule has 1 fully saturated rings. The van der Waals surface area contributed by atoms with Gasteiger partial charge in [0.2, 0.25) is 0 Å². The number of rotatable bonds is 9. The molecule has 0 radical (unpaired) electrons. The molecule has 2 aromatic heterocycles. The van der Waals surface area contributed by atoms with Crippen molar-refractivity contribution in [3.63, 3.8) is 0 Å². The van der Waals surface area contributed by atoms with Crippen LogP contribution in [0.4, 0.5) is 5.82 Å². The predicted octanol–water partition coefficient (Wildman–Crippen LogP) is 0.383. The van der Waals surface area contributed by atoms with E-state index in [1.807, 2.05) is 0 Å². The van der Waals surface area contributed by atoms with Gasteiger partial charge in [-0.25, -0.2) is 19.5 Å². The highest BCUT2D eigenvalue weighted by molar-refractivity contribution is 7.52. The second-order valence-electron chi connectivity index (χ2n) is 7.70. The number of imidazole rings is 1. The number of nitrogen functional groups attached to an aromatic ring is 1. The molecule has 0 amide bonds. The van der Waals surface area contributed by atoms with Crippen molar-refractivity contribution in [2.45, 2.75) is 37.5 Å². The van der Waals surface area contributed by atoms with Crippen LogP contribution in [-0.4, -0.2) is 73.8 Å². The van der Waals surface area contributed by atoms with Gasteiger partial charge in [-0.3, -0.25) is 13.9 Å². The summed E-state index contributed by atoms with van der Waals surface area (Å²) < 4.78 is 36.4. The molecule has 1 aliphatic rings. The van der Waals surface area contributed by atoms with E-state index in [9.17, 15) is 19.6 Å². The number of hydrogen-bond acceptors (Lipinski definition) is 12. The number of aliphatic hydroxyl groups is 2. The van der Waals surface area contributed by atoms with Crippen LogP contribution in [0.15, 0.2) is 43.0 Å². The zero-order valence-electron chi connectivity index (χ0n) is 18.8. The van der Waals surface area contributed by atoms with Crippen LogP contribution in [0.25, 0.3) is 11.2 Å². The fraction of sp³-hybridized carbons (Fsp3) is 0.400. The van der Waals surface area contributed by atoms with Gasteiger partial charge in [-0.05, 0) is 19.1 Å². The summed E-state index contributed by atoms with van der Waals surface area (Å²) in [6.07, 6.45) is -2.43. The fourth-order valence-electron chi connectivity index (χ4n) is 3.50. The first-order valence-corrected chi connectivity index (χ1v) is 12.1. The topological polar surface area (TPSA) is 193 Å². The number of benzene rings is 1. The Labute approximate surface area is 199 Å². The number of esters is 1. The summed E-state index contributed by atoms with van der Waals surface area (Å²) in [6, 6.07) is 7.15. The van der Waals surface area contributed by atoms with E-state index in [1.165, 1.54) is 31.3 Å². The summed E-state index contributed by atoms with van der Waals surface area (Å²) in [4.78, 5) is 24.0. The monoisotopic (exact) mass is 508 g/mol. The lowest BCUT2D eigenvalue weighted by molar-refractivity contribution is -0.142. The van der Waals surface area contributed by atoms with E-state index in [1.54, 1.807) is 30.3 Å². The number of nitrogens with one attached hydrogen (secondary N) is 1. The minimum absolute atomic E-state index is 0.145. The minimum atomic E-state index is -4.17. The SMILES string of the molecule is COC(=O)C(C)NP(=O)(OC[C@H]1O[C@@H](n2cnc3c(N)ncnc32)[C@@H](O)[C@@H]1O)Oc1ccccc1. The Hall–Kier alpha value is -3.13. The van der Waals surface area contributed by atoms with Crippen molar-refractivity contribution >= 4 is 30.7 Å². The van der Waals surface area contributed by atoms with Crippen molar-refractivity contribution in [3.8, 4) is 5.75 Å². The standard InChI is InChI=1S/C20H25N6O8P/c1-11(20(29)31-2)25-35(30,34-12-6-4-3-5-7-12)32-8-13-15(27)16(28)19(33-13)26-10-24-14-17(21)22-9-23-18(14)26/h3-7,9-11,13,15-16,19,27-28H,8H2,1-2H3,(H,25,30)(H2,21,22,23)/t11?,13-,15-,16+,19-,35?/m1/s1. The third kappa shape index (κ3) is 5.27. The largest absolute Gasteiger partial charge is 0.468 e. The van der Waals surface area contributed by atoms with Crippen molar-refractivity contribution in [2.24, 2.45) is 0 Å². The molecule has 3 heterocycles. The maximum Gasteiger partial charge on any atom is 0.459 e. The van der Waals surface area contributed by atoms with E-state index < -0.39 is 50.9 Å². The molecular formula is C20H25N6O8P. The highest BCUT2D eigenvalue weighted by atomic mass is 31.2. The van der Waals surface area contributed by atoms with Gasteiger partial charge in [-0.15, -0.1) is 0 Å². The summed E-state index contributed by atoms with van der Waals surface area (Å²) in [5, 5.41) is 23.7. The van der Waals surface area contributed by atoms with Crippen LogP contribution in [0.1, 0.15) is 13.2 Å². The van der Waals surface area contributed by atoms with Crippen molar-refractivity contribution in [1.82, 2.24) is 24.6 Å². The number of aliphatic hydroxyl groups excluding tert-OH is 2. The van der Waals surface area contributed by atoms with Gasteiger partial charge in [0, 0.05) is 0 Å². The number of fused-ring (bicyclic) bond motifs is 1. The number of nitrogens with two attached hydrogens (primary N) is 1. The Morgan fingerprint density at radius 1 is 1.26 bits per heavy atom. The fourth-order valence-corrected chi connectivity index (χ4v) is 5.00. The molecule has 0 aliphatic carbocycles. The number of anilines is 1. The first-order chi connectivity index (χ1) is 16.7. The number of methoxy groups -OCH3 is 1. The number of ether oxygens (including phenoxy) is 2. The third-order valence-electron chi connectivity index (χ3n) is 5.28. The summed E-state index contributed by atoms with van der Waals surface area (Å²) in [7, 11) is -2.98. The van der Waals surface area contributed by atoms with Crippen LogP contribution in [0.3, 0.4) is 0 Å². The van der Waals surface area contributed by atoms with Crippen LogP contribution in [-0.2, 0) is 23.4 Å². The number of nitrogens with zero attached hydrogens (tertiary/aromatic N) is 4. The van der Waals surface area contributed by atoms with Gasteiger partial charge >= 0.3 is 13.7 Å². The molecule has 0 bridgehead atoms. The van der Waals surface area contributed by atoms with E-state index in [0.29, 0.717) is 11.2 Å². The Bertz CT molecular complexity index is 1230. The molecule has 15 heteroatoms. The Morgan fingerprint density at radius 3 is 2.71 bits per heavy atom. The van der Waals surface area contributed by atoms with Crippen molar-refractivity contribution < 1.29 is 38.1 Å². The maximum atomic E-state index is 13.5. The van der Waals surface area contributed by atoms with Gasteiger partial charge in [-0.2, -0.15) is 5.09 Å².